The largest absolute Gasteiger partial charge is 0.379 e. The summed E-state index contributed by atoms with van der Waals surface area (Å²) >= 11 is 0. The smallest absolute Gasteiger partial charge is 0.192 e. The Kier molecular flexibility index (Phi) is 9.67. The molecule has 3 heterocycles. The molecule has 2 N–H and O–H groups in total. The molecule has 0 aliphatic carbocycles. The molecule has 2 aromatic heterocycles. The van der Waals surface area contributed by atoms with E-state index in [9.17, 15) is 4.39 Å². The summed E-state index contributed by atoms with van der Waals surface area (Å²) in [5.41, 5.74) is 0.311. The van der Waals surface area contributed by atoms with Gasteiger partial charge in [0, 0.05) is 39.4 Å². The first kappa shape index (κ1) is 23.4. The molecule has 160 valence electrons. The minimum absolute atomic E-state index is 0. The molecule has 0 spiro atoms. The third-order valence-corrected chi connectivity index (χ3v) is 4.64. The van der Waals surface area contributed by atoms with Crippen LogP contribution < -0.4 is 10.6 Å². The van der Waals surface area contributed by atoms with Crippen molar-refractivity contribution in [3.05, 3.63) is 41.5 Å². The summed E-state index contributed by atoms with van der Waals surface area (Å²) < 4.78 is 21.1. The molecule has 0 aromatic carbocycles. The summed E-state index contributed by atoms with van der Waals surface area (Å²) in [4.78, 5) is 10.9. The summed E-state index contributed by atoms with van der Waals surface area (Å²) in [7, 11) is 1.91. The lowest BCUT2D eigenvalue weighted by Gasteiger charge is -2.26. The number of aromatic nitrogens is 4. The lowest BCUT2D eigenvalue weighted by Crippen LogP contribution is -2.44. The van der Waals surface area contributed by atoms with Gasteiger partial charge in [0.25, 0.3) is 0 Å². The lowest BCUT2D eigenvalue weighted by atomic mass is 10.3. The van der Waals surface area contributed by atoms with E-state index in [2.05, 4.69) is 35.7 Å². The number of nitrogens with one attached hydrogen (secondary N) is 2. The molecule has 0 radical (unpaired) electrons. The summed E-state index contributed by atoms with van der Waals surface area (Å²) in [5, 5.41) is 14.7. The van der Waals surface area contributed by atoms with E-state index in [1.165, 1.54) is 6.07 Å². The number of guanidine groups is 1. The Bertz CT molecular complexity index is 794. The predicted octanol–water partition coefficient (Wildman–Crippen LogP) is 0.843. The first-order valence-electron chi connectivity index (χ1n) is 9.40. The molecule has 0 bridgehead atoms. The van der Waals surface area contributed by atoms with Crippen LogP contribution in [0.4, 0.5) is 4.39 Å². The van der Waals surface area contributed by atoms with Crippen molar-refractivity contribution in [2.24, 2.45) is 12.0 Å². The van der Waals surface area contributed by atoms with Gasteiger partial charge in [0.15, 0.2) is 11.8 Å². The first-order valence-corrected chi connectivity index (χ1v) is 9.40. The van der Waals surface area contributed by atoms with E-state index in [-0.39, 0.29) is 36.3 Å². The topological polar surface area (TPSA) is 92.5 Å². The lowest BCUT2D eigenvalue weighted by molar-refractivity contribution is 0.0389. The first-order chi connectivity index (χ1) is 13.6. The molecule has 0 saturated carbocycles. The van der Waals surface area contributed by atoms with E-state index in [0.717, 1.165) is 44.5 Å². The van der Waals surface area contributed by atoms with Crippen LogP contribution in [0.3, 0.4) is 0 Å². The monoisotopic (exact) mass is 518 g/mol. The van der Waals surface area contributed by atoms with Crippen molar-refractivity contribution in [2.75, 3.05) is 39.4 Å². The van der Waals surface area contributed by atoms with Gasteiger partial charge >= 0.3 is 0 Å². The highest BCUT2D eigenvalue weighted by Gasteiger charge is 2.11. The van der Waals surface area contributed by atoms with Gasteiger partial charge in [-0.2, -0.15) is 0 Å². The quantitative estimate of drug-likeness (QED) is 0.319. The van der Waals surface area contributed by atoms with Gasteiger partial charge in [0.2, 0.25) is 0 Å². The number of aliphatic imine (C=N–C) groups is 1. The summed E-state index contributed by atoms with van der Waals surface area (Å²) in [6, 6.07) is 2.96. The summed E-state index contributed by atoms with van der Waals surface area (Å²) in [6.07, 6.45) is 1.56. The zero-order chi connectivity index (χ0) is 19.8. The van der Waals surface area contributed by atoms with Gasteiger partial charge in [0.05, 0.1) is 32.0 Å². The number of hydrogen-bond acceptors (Lipinski definition) is 6. The Labute approximate surface area is 187 Å². The van der Waals surface area contributed by atoms with Crippen LogP contribution in [0.1, 0.15) is 17.3 Å². The number of morpholine rings is 1. The van der Waals surface area contributed by atoms with Crippen LogP contribution in [0.2, 0.25) is 0 Å². The molecular weight excluding hydrogens is 490 g/mol. The van der Waals surface area contributed by atoms with Crippen LogP contribution in [0.5, 0.6) is 0 Å². The van der Waals surface area contributed by atoms with Crippen LogP contribution in [-0.2, 0) is 24.9 Å². The van der Waals surface area contributed by atoms with Crippen molar-refractivity contribution >= 4 is 29.9 Å². The Morgan fingerprint density at radius 3 is 2.76 bits per heavy atom. The van der Waals surface area contributed by atoms with Crippen LogP contribution in [0, 0.1) is 12.7 Å². The maximum Gasteiger partial charge on any atom is 0.192 e. The van der Waals surface area contributed by atoms with E-state index < -0.39 is 0 Å². The highest BCUT2D eigenvalue weighted by atomic mass is 127. The number of pyridine rings is 1. The van der Waals surface area contributed by atoms with Crippen molar-refractivity contribution in [3.8, 4) is 0 Å². The maximum atomic E-state index is 13.8. The van der Waals surface area contributed by atoms with E-state index in [4.69, 9.17) is 4.74 Å². The highest BCUT2D eigenvalue weighted by Crippen LogP contribution is 2.04. The van der Waals surface area contributed by atoms with Crippen molar-refractivity contribution in [2.45, 2.75) is 20.0 Å². The Hall–Kier alpha value is -1.86. The fourth-order valence-electron chi connectivity index (χ4n) is 2.79. The number of hydrogen-bond donors (Lipinski definition) is 2. The second-order valence-electron chi connectivity index (χ2n) is 6.55. The zero-order valence-electron chi connectivity index (χ0n) is 16.8. The molecule has 1 aliphatic heterocycles. The molecule has 0 atom stereocenters. The third-order valence-electron chi connectivity index (χ3n) is 4.64. The van der Waals surface area contributed by atoms with Gasteiger partial charge in [-0.1, -0.05) is 0 Å². The van der Waals surface area contributed by atoms with Crippen LogP contribution in [-0.4, -0.2) is 70.0 Å². The number of ether oxygens (including phenoxy) is 1. The van der Waals surface area contributed by atoms with Crippen molar-refractivity contribution < 1.29 is 9.13 Å². The number of halogens is 2. The predicted molar refractivity (Wildman–Crippen MR) is 119 cm³/mol. The molecule has 3 rings (SSSR count). The van der Waals surface area contributed by atoms with Crippen LogP contribution >= 0.6 is 24.0 Å². The third kappa shape index (κ3) is 7.16. The molecule has 1 saturated heterocycles. The van der Waals surface area contributed by atoms with E-state index in [1.807, 2.05) is 18.5 Å². The standard InChI is InChI=1S/C18H27FN8O.HI/c1-14-24-25-17(26(14)2)13-23-18(21-6-7-27-8-10-28-11-9-27)22-12-16-15(19)4-3-5-20-16;/h3-5H,6-13H2,1-2H3,(H2,21,22,23);1H. The highest BCUT2D eigenvalue weighted by molar-refractivity contribution is 14.0. The number of nitrogens with zero attached hydrogens (tertiary/aromatic N) is 6. The SMILES string of the molecule is Cc1nnc(CNC(=NCc2ncccc2F)NCCN2CCOCC2)n1C.I. The fourth-order valence-corrected chi connectivity index (χ4v) is 2.79. The average molecular weight is 518 g/mol. The average Bonchev–Trinajstić information content (AvgIpc) is 3.03. The Morgan fingerprint density at radius 2 is 2.07 bits per heavy atom. The summed E-state index contributed by atoms with van der Waals surface area (Å²) in [5.74, 6) is 1.86. The zero-order valence-corrected chi connectivity index (χ0v) is 19.1. The van der Waals surface area contributed by atoms with Gasteiger partial charge in [0.1, 0.15) is 11.6 Å². The van der Waals surface area contributed by atoms with Gasteiger partial charge in [-0.15, -0.1) is 34.2 Å². The number of aryl methyl sites for hydroxylation is 1. The Morgan fingerprint density at radius 1 is 1.28 bits per heavy atom. The van der Waals surface area contributed by atoms with E-state index in [1.54, 1.807) is 12.3 Å². The fraction of sp³-hybridized carbons (Fsp3) is 0.556. The summed E-state index contributed by atoms with van der Waals surface area (Å²) in [6.45, 7) is 7.50. The van der Waals surface area contributed by atoms with Crippen molar-refractivity contribution in [3.63, 3.8) is 0 Å². The molecule has 29 heavy (non-hydrogen) atoms. The van der Waals surface area contributed by atoms with E-state index in [0.29, 0.717) is 24.7 Å². The molecule has 2 aromatic rings. The van der Waals surface area contributed by atoms with E-state index >= 15 is 0 Å². The van der Waals surface area contributed by atoms with Crippen LogP contribution in [0.25, 0.3) is 0 Å². The molecule has 1 aliphatic rings. The van der Waals surface area contributed by atoms with Gasteiger partial charge in [-0.25, -0.2) is 9.38 Å². The molecular formula is C18H28FIN8O. The van der Waals surface area contributed by atoms with Gasteiger partial charge in [-0.05, 0) is 19.1 Å². The molecule has 0 unspecified atom stereocenters. The molecule has 1 fully saturated rings. The van der Waals surface area contributed by atoms with Crippen molar-refractivity contribution in [1.82, 2.24) is 35.3 Å². The minimum atomic E-state index is -0.358. The second kappa shape index (κ2) is 12.0. The molecule has 0 amide bonds. The van der Waals surface area contributed by atoms with Gasteiger partial charge in [-0.3, -0.25) is 9.88 Å². The van der Waals surface area contributed by atoms with Crippen molar-refractivity contribution in [1.29, 1.82) is 0 Å². The van der Waals surface area contributed by atoms with Gasteiger partial charge < -0.3 is 19.9 Å². The second-order valence-corrected chi connectivity index (χ2v) is 6.55. The normalized spacial score (nSPS) is 15.1. The maximum absolute atomic E-state index is 13.8. The molecule has 9 nitrogen and oxygen atoms in total. The van der Waals surface area contributed by atoms with Crippen LogP contribution in [0.15, 0.2) is 23.3 Å². The Balaban J connectivity index is 0.00000300. The molecule has 11 heteroatoms. The number of rotatable bonds is 7. The minimum Gasteiger partial charge on any atom is -0.379 e.